The van der Waals surface area contributed by atoms with Crippen molar-refractivity contribution in [2.75, 3.05) is 5.32 Å². The number of hydrogen-bond donors (Lipinski definition) is 2. The van der Waals surface area contributed by atoms with Crippen molar-refractivity contribution in [1.29, 1.82) is 0 Å². The third-order valence-corrected chi connectivity index (χ3v) is 8.69. The van der Waals surface area contributed by atoms with E-state index < -0.39 is 30.2 Å². The fourth-order valence-corrected chi connectivity index (χ4v) is 7.79. The van der Waals surface area contributed by atoms with Gasteiger partial charge in [0.2, 0.25) is 0 Å². The van der Waals surface area contributed by atoms with Crippen LogP contribution in [0.15, 0.2) is 41.8 Å². The van der Waals surface area contributed by atoms with Crippen LogP contribution in [0.25, 0.3) is 0 Å². The molecule has 2 atom stereocenters. The largest absolute Gasteiger partial charge is 0.395 e. The maximum atomic E-state index is 13.9. The van der Waals surface area contributed by atoms with Gasteiger partial charge < -0.3 is 10.6 Å². The number of hydrogen-bond acceptors (Lipinski definition) is 2. The van der Waals surface area contributed by atoms with E-state index in [1.165, 1.54) is 19.3 Å². The number of fused-ring (bicyclic) bond motifs is 1. The summed E-state index contributed by atoms with van der Waals surface area (Å²) < 4.78 is 53.5. The molecule has 4 bridgehead atoms. The fourth-order valence-electron chi connectivity index (χ4n) is 7.79. The lowest BCUT2D eigenvalue weighted by atomic mass is 9.47. The Morgan fingerprint density at radius 3 is 2.32 bits per heavy atom. The summed E-state index contributed by atoms with van der Waals surface area (Å²) in [5.41, 5.74) is 1.32. The Kier molecular flexibility index (Phi) is 4.78. The number of nitrogens with one attached hydrogen (secondary N) is 2. The molecule has 2 amide bonds. The van der Waals surface area contributed by atoms with E-state index in [-0.39, 0.29) is 22.9 Å². The Balaban J connectivity index is 1.31. The van der Waals surface area contributed by atoms with E-state index in [1.54, 1.807) is 18.2 Å². The van der Waals surface area contributed by atoms with Crippen LogP contribution in [-0.2, 0) is 4.79 Å². The van der Waals surface area contributed by atoms with Crippen LogP contribution >= 0.6 is 0 Å². The number of halogens is 4. The molecule has 0 radical (unpaired) electrons. The molecule has 4 saturated carbocycles. The number of anilines is 1. The highest BCUT2D eigenvalue weighted by atomic mass is 19.4. The van der Waals surface area contributed by atoms with Gasteiger partial charge in [-0.25, -0.2) is 4.39 Å². The molecular formula is C26H26F4N2O2. The van der Waals surface area contributed by atoms with Gasteiger partial charge in [0.1, 0.15) is 5.83 Å². The van der Waals surface area contributed by atoms with E-state index in [9.17, 15) is 27.2 Å². The molecule has 6 aliphatic rings. The van der Waals surface area contributed by atoms with Crippen molar-refractivity contribution in [3.8, 4) is 0 Å². The van der Waals surface area contributed by atoms with Crippen molar-refractivity contribution >= 4 is 17.5 Å². The summed E-state index contributed by atoms with van der Waals surface area (Å²) in [5.74, 6) is -2.08. The second kappa shape index (κ2) is 7.43. The van der Waals surface area contributed by atoms with Crippen molar-refractivity contribution in [2.24, 2.45) is 29.1 Å². The Morgan fingerprint density at radius 1 is 1.06 bits per heavy atom. The molecule has 1 aliphatic heterocycles. The van der Waals surface area contributed by atoms with E-state index in [1.807, 2.05) is 0 Å². The van der Waals surface area contributed by atoms with E-state index >= 15 is 0 Å². The fraction of sp³-hybridized carbons (Fsp3) is 0.538. The zero-order valence-electron chi connectivity index (χ0n) is 18.6. The lowest BCUT2D eigenvalue weighted by Gasteiger charge is -2.59. The predicted molar refractivity (Wildman–Crippen MR) is 117 cm³/mol. The molecule has 2 N–H and O–H groups in total. The second-order valence-electron chi connectivity index (χ2n) is 11.0. The molecule has 0 spiro atoms. The van der Waals surface area contributed by atoms with Crippen LogP contribution in [-0.4, -0.2) is 18.0 Å². The molecule has 1 aromatic rings. The maximum absolute atomic E-state index is 13.9. The number of amides is 2. The zero-order valence-corrected chi connectivity index (χ0v) is 18.6. The molecule has 34 heavy (non-hydrogen) atoms. The van der Waals surface area contributed by atoms with Gasteiger partial charge in [0.15, 0.2) is 0 Å². The maximum Gasteiger partial charge on any atom is 0.395 e. The molecule has 1 heterocycles. The number of benzene rings is 1. The minimum atomic E-state index is -4.63. The average Bonchev–Trinajstić information content (AvgIpc) is 3.10. The summed E-state index contributed by atoms with van der Waals surface area (Å²) in [4.78, 5) is 25.9. The molecule has 2 unspecified atom stereocenters. The van der Waals surface area contributed by atoms with Crippen LogP contribution in [0.2, 0.25) is 0 Å². The number of alkyl halides is 3. The van der Waals surface area contributed by atoms with E-state index in [0.29, 0.717) is 35.1 Å². The lowest BCUT2D eigenvalue weighted by molar-refractivity contribution is -0.161. The van der Waals surface area contributed by atoms with Gasteiger partial charge >= 0.3 is 6.18 Å². The summed E-state index contributed by atoms with van der Waals surface area (Å²) in [6.45, 7) is 0. The standard InChI is InChI=1S/C26H26F4N2O2/c27-18-8-16(7-17(9-18)26(28,29)30)23(33)31-20-3-1-2-19-21(20)22(32-24(19)34)25-10-13-4-14(11-25)6-15(5-13)12-25/h1-3,8-9,13-15,17,22H,4-7,10-12H2,(H,31,33)(H,32,34). The molecule has 8 heteroatoms. The quantitative estimate of drug-likeness (QED) is 0.529. The number of carbonyl (C=O) groups excluding carboxylic acids is 2. The molecule has 4 nitrogen and oxygen atoms in total. The van der Waals surface area contributed by atoms with Crippen molar-refractivity contribution in [1.82, 2.24) is 5.32 Å². The highest BCUT2D eigenvalue weighted by Gasteiger charge is 2.57. The Bertz CT molecular complexity index is 1100. The van der Waals surface area contributed by atoms with E-state index in [0.717, 1.165) is 30.9 Å². The molecule has 0 aromatic heterocycles. The SMILES string of the molecule is O=C(Nc1cccc2c1C(C13CC4CC(CC(C4)C1)C3)NC2=O)C1=CC(F)=CC(C(F)(F)F)C1. The van der Waals surface area contributed by atoms with Gasteiger partial charge in [0.05, 0.1) is 12.0 Å². The molecule has 0 saturated heterocycles. The number of allylic oxidation sites excluding steroid dienone is 3. The first-order valence-electron chi connectivity index (χ1n) is 12.0. The van der Waals surface area contributed by atoms with Crippen LogP contribution in [0.4, 0.5) is 23.2 Å². The van der Waals surface area contributed by atoms with Crippen molar-refractivity contribution < 1.29 is 27.2 Å². The number of rotatable bonds is 3. The summed E-state index contributed by atoms with van der Waals surface area (Å²) >= 11 is 0. The summed E-state index contributed by atoms with van der Waals surface area (Å²) in [5, 5.41) is 5.91. The van der Waals surface area contributed by atoms with Crippen molar-refractivity contribution in [3.05, 3.63) is 52.9 Å². The average molecular weight is 474 g/mol. The smallest absolute Gasteiger partial charge is 0.345 e. The molecule has 5 aliphatic carbocycles. The predicted octanol–water partition coefficient (Wildman–Crippen LogP) is 5.99. The van der Waals surface area contributed by atoms with Crippen molar-refractivity contribution in [2.45, 2.75) is 57.2 Å². The normalized spacial score (nSPS) is 36.0. The Hall–Kier alpha value is -2.64. The van der Waals surface area contributed by atoms with Gasteiger partial charge in [0.25, 0.3) is 11.8 Å². The Labute approximate surface area is 194 Å². The zero-order chi connectivity index (χ0) is 23.8. The van der Waals surface area contributed by atoms with E-state index in [2.05, 4.69) is 10.6 Å². The minimum Gasteiger partial charge on any atom is -0.345 e. The summed E-state index contributed by atoms with van der Waals surface area (Å²) in [6, 6.07) is 4.83. The second-order valence-corrected chi connectivity index (χ2v) is 11.0. The topological polar surface area (TPSA) is 58.2 Å². The summed E-state index contributed by atoms with van der Waals surface area (Å²) in [7, 11) is 0. The monoisotopic (exact) mass is 474 g/mol. The molecule has 1 aromatic carbocycles. The van der Waals surface area contributed by atoms with Crippen LogP contribution in [0.5, 0.6) is 0 Å². The van der Waals surface area contributed by atoms with Gasteiger partial charge in [0, 0.05) is 22.4 Å². The molecule has 180 valence electrons. The summed E-state index contributed by atoms with van der Waals surface area (Å²) in [6.07, 6.45) is 2.98. The third kappa shape index (κ3) is 3.48. The highest BCUT2D eigenvalue weighted by Crippen LogP contribution is 2.65. The van der Waals surface area contributed by atoms with Gasteiger partial charge in [-0.15, -0.1) is 0 Å². The van der Waals surface area contributed by atoms with Gasteiger partial charge in [-0.05, 0) is 92.4 Å². The van der Waals surface area contributed by atoms with Crippen LogP contribution in [0.3, 0.4) is 0 Å². The van der Waals surface area contributed by atoms with Crippen LogP contribution < -0.4 is 10.6 Å². The first-order valence-corrected chi connectivity index (χ1v) is 12.0. The van der Waals surface area contributed by atoms with Crippen LogP contribution in [0.1, 0.15) is 66.9 Å². The van der Waals surface area contributed by atoms with E-state index in [4.69, 9.17) is 0 Å². The molecule has 7 rings (SSSR count). The lowest BCUT2D eigenvalue weighted by Crippen LogP contribution is -2.51. The third-order valence-electron chi connectivity index (χ3n) is 8.69. The van der Waals surface area contributed by atoms with Gasteiger partial charge in [-0.2, -0.15) is 13.2 Å². The first-order chi connectivity index (χ1) is 16.1. The van der Waals surface area contributed by atoms with Gasteiger partial charge in [-0.3, -0.25) is 9.59 Å². The van der Waals surface area contributed by atoms with Gasteiger partial charge in [-0.1, -0.05) is 6.07 Å². The Morgan fingerprint density at radius 2 is 1.71 bits per heavy atom. The first kappa shape index (κ1) is 21.9. The van der Waals surface area contributed by atoms with Crippen molar-refractivity contribution in [3.63, 3.8) is 0 Å². The molecule has 4 fully saturated rings. The number of carbonyl (C=O) groups is 2. The highest BCUT2D eigenvalue weighted by molar-refractivity contribution is 6.07. The molecular weight excluding hydrogens is 448 g/mol. The van der Waals surface area contributed by atoms with Crippen LogP contribution in [0, 0.1) is 29.1 Å². The minimum absolute atomic E-state index is 0.0587.